The van der Waals surface area contributed by atoms with Gasteiger partial charge in [0.15, 0.2) is 0 Å². The number of halogens is 1. The van der Waals surface area contributed by atoms with Gasteiger partial charge in [0.25, 0.3) is 0 Å². The molecule has 90 valence electrons. The third-order valence-corrected chi connectivity index (χ3v) is 4.06. The predicted octanol–water partition coefficient (Wildman–Crippen LogP) is 4.74. The minimum absolute atomic E-state index is 0.404. The van der Waals surface area contributed by atoms with E-state index in [-0.39, 0.29) is 0 Å². The van der Waals surface area contributed by atoms with Gasteiger partial charge in [-0.3, -0.25) is 0 Å². The molecule has 2 aromatic rings. The molecular formula is C14H16ClNS. The predicted molar refractivity (Wildman–Crippen MR) is 76.9 cm³/mol. The molecule has 1 unspecified atom stereocenters. The van der Waals surface area contributed by atoms with Gasteiger partial charge in [0, 0.05) is 10.9 Å². The summed E-state index contributed by atoms with van der Waals surface area (Å²) < 4.78 is 0.838. The van der Waals surface area contributed by atoms with E-state index in [0.29, 0.717) is 6.04 Å². The Balaban J connectivity index is 2.18. The van der Waals surface area contributed by atoms with Gasteiger partial charge in [-0.25, -0.2) is 0 Å². The number of nitrogens with one attached hydrogen (secondary N) is 1. The van der Waals surface area contributed by atoms with Crippen molar-refractivity contribution >= 4 is 22.9 Å². The zero-order chi connectivity index (χ0) is 12.3. The largest absolute Gasteiger partial charge is 0.310 e. The zero-order valence-electron chi connectivity index (χ0n) is 10.0. The Morgan fingerprint density at radius 3 is 2.41 bits per heavy atom. The van der Waals surface area contributed by atoms with Crippen molar-refractivity contribution in [3.8, 4) is 10.4 Å². The summed E-state index contributed by atoms with van der Waals surface area (Å²) >= 11 is 7.56. The van der Waals surface area contributed by atoms with E-state index >= 15 is 0 Å². The summed E-state index contributed by atoms with van der Waals surface area (Å²) in [5, 5.41) is 3.41. The molecule has 1 aromatic carbocycles. The Labute approximate surface area is 111 Å². The monoisotopic (exact) mass is 265 g/mol. The fourth-order valence-corrected chi connectivity index (χ4v) is 2.88. The first-order chi connectivity index (χ1) is 8.20. The van der Waals surface area contributed by atoms with E-state index in [9.17, 15) is 0 Å². The van der Waals surface area contributed by atoms with Crippen LogP contribution in [0.1, 0.15) is 25.5 Å². The molecule has 2 rings (SSSR count). The SMILES string of the molecule is CCNC(C)c1ccc(-c2ccc(Cl)s2)cc1. The minimum atomic E-state index is 0.404. The van der Waals surface area contributed by atoms with Crippen LogP contribution in [0.4, 0.5) is 0 Å². The molecule has 0 fully saturated rings. The normalized spacial score (nSPS) is 12.6. The van der Waals surface area contributed by atoms with E-state index in [1.54, 1.807) is 11.3 Å². The van der Waals surface area contributed by atoms with E-state index in [0.717, 1.165) is 10.9 Å². The minimum Gasteiger partial charge on any atom is -0.310 e. The van der Waals surface area contributed by atoms with Crippen molar-refractivity contribution in [1.29, 1.82) is 0 Å². The van der Waals surface area contributed by atoms with E-state index in [1.165, 1.54) is 16.0 Å². The summed E-state index contributed by atoms with van der Waals surface area (Å²) in [6.07, 6.45) is 0. The maximum absolute atomic E-state index is 5.94. The Morgan fingerprint density at radius 2 is 1.88 bits per heavy atom. The van der Waals surface area contributed by atoms with E-state index in [1.807, 2.05) is 6.07 Å². The number of thiophene rings is 1. The lowest BCUT2D eigenvalue weighted by Gasteiger charge is -2.12. The van der Waals surface area contributed by atoms with E-state index < -0.39 is 0 Å². The first-order valence-electron chi connectivity index (χ1n) is 5.79. The summed E-state index contributed by atoms with van der Waals surface area (Å²) in [7, 11) is 0. The van der Waals surface area contributed by atoms with Crippen LogP contribution in [-0.2, 0) is 0 Å². The van der Waals surface area contributed by atoms with Gasteiger partial charge in [0.2, 0.25) is 0 Å². The number of rotatable bonds is 4. The molecule has 0 aliphatic heterocycles. The van der Waals surface area contributed by atoms with E-state index in [2.05, 4.69) is 49.5 Å². The van der Waals surface area contributed by atoms with Crippen LogP contribution in [0.3, 0.4) is 0 Å². The lowest BCUT2D eigenvalue weighted by Crippen LogP contribution is -2.17. The van der Waals surface area contributed by atoms with Gasteiger partial charge in [-0.05, 0) is 36.7 Å². The number of hydrogen-bond donors (Lipinski definition) is 1. The van der Waals surface area contributed by atoms with Crippen molar-refractivity contribution in [2.45, 2.75) is 19.9 Å². The molecule has 0 saturated heterocycles. The van der Waals surface area contributed by atoms with Crippen molar-refractivity contribution in [3.05, 3.63) is 46.3 Å². The maximum atomic E-state index is 5.94. The van der Waals surface area contributed by atoms with Crippen molar-refractivity contribution in [1.82, 2.24) is 5.32 Å². The van der Waals surface area contributed by atoms with Gasteiger partial charge >= 0.3 is 0 Å². The highest BCUT2D eigenvalue weighted by Gasteiger charge is 2.05. The second kappa shape index (κ2) is 5.67. The molecule has 1 aromatic heterocycles. The van der Waals surface area contributed by atoms with Gasteiger partial charge in [0.05, 0.1) is 4.34 Å². The molecule has 17 heavy (non-hydrogen) atoms. The fraction of sp³-hybridized carbons (Fsp3) is 0.286. The molecule has 0 radical (unpaired) electrons. The van der Waals surface area contributed by atoms with Crippen molar-refractivity contribution in [2.75, 3.05) is 6.54 Å². The summed E-state index contributed by atoms with van der Waals surface area (Å²) in [5.74, 6) is 0. The second-order valence-corrected chi connectivity index (χ2v) is 5.72. The van der Waals surface area contributed by atoms with Gasteiger partial charge in [-0.15, -0.1) is 11.3 Å². The molecule has 0 bridgehead atoms. The molecule has 0 saturated carbocycles. The molecule has 0 amide bonds. The van der Waals surface area contributed by atoms with Crippen LogP contribution in [0.15, 0.2) is 36.4 Å². The fourth-order valence-electron chi connectivity index (χ4n) is 1.83. The first kappa shape index (κ1) is 12.6. The molecule has 1 N–H and O–H groups in total. The summed E-state index contributed by atoms with van der Waals surface area (Å²) in [6, 6.07) is 13.1. The molecule has 0 aliphatic carbocycles. The van der Waals surface area contributed by atoms with Crippen LogP contribution in [-0.4, -0.2) is 6.54 Å². The topological polar surface area (TPSA) is 12.0 Å². The van der Waals surface area contributed by atoms with Crippen LogP contribution in [0.25, 0.3) is 10.4 Å². The highest BCUT2D eigenvalue weighted by molar-refractivity contribution is 7.19. The number of hydrogen-bond acceptors (Lipinski definition) is 2. The lowest BCUT2D eigenvalue weighted by molar-refractivity contribution is 0.598. The molecular weight excluding hydrogens is 250 g/mol. The van der Waals surface area contributed by atoms with Crippen molar-refractivity contribution < 1.29 is 0 Å². The number of benzene rings is 1. The standard InChI is InChI=1S/C14H16ClNS/c1-3-16-10(2)11-4-6-12(7-5-11)13-8-9-14(15)17-13/h4-10,16H,3H2,1-2H3. The van der Waals surface area contributed by atoms with Gasteiger partial charge in [-0.2, -0.15) is 0 Å². The molecule has 0 aliphatic rings. The molecule has 1 heterocycles. The Kier molecular flexibility index (Phi) is 4.21. The molecule has 0 spiro atoms. The van der Waals surface area contributed by atoms with Crippen LogP contribution in [0, 0.1) is 0 Å². The molecule has 3 heteroatoms. The zero-order valence-corrected chi connectivity index (χ0v) is 11.6. The Morgan fingerprint density at radius 1 is 1.18 bits per heavy atom. The summed E-state index contributed by atoms with van der Waals surface area (Å²) in [4.78, 5) is 1.22. The Hall–Kier alpha value is -0.830. The van der Waals surface area contributed by atoms with Crippen molar-refractivity contribution in [3.63, 3.8) is 0 Å². The van der Waals surface area contributed by atoms with E-state index in [4.69, 9.17) is 11.6 Å². The van der Waals surface area contributed by atoms with Crippen LogP contribution in [0.5, 0.6) is 0 Å². The highest BCUT2D eigenvalue weighted by atomic mass is 35.5. The maximum Gasteiger partial charge on any atom is 0.0934 e. The van der Waals surface area contributed by atoms with Crippen LogP contribution in [0.2, 0.25) is 4.34 Å². The van der Waals surface area contributed by atoms with Gasteiger partial charge in [-0.1, -0.05) is 42.8 Å². The first-order valence-corrected chi connectivity index (χ1v) is 6.99. The van der Waals surface area contributed by atoms with Crippen LogP contribution >= 0.6 is 22.9 Å². The quantitative estimate of drug-likeness (QED) is 0.842. The second-order valence-electron chi connectivity index (χ2n) is 4.01. The third-order valence-electron chi connectivity index (χ3n) is 2.78. The average molecular weight is 266 g/mol. The molecule has 1 atom stereocenters. The third kappa shape index (κ3) is 3.09. The summed E-state index contributed by atoms with van der Waals surface area (Å²) in [6.45, 7) is 5.29. The van der Waals surface area contributed by atoms with Gasteiger partial charge in [0.1, 0.15) is 0 Å². The van der Waals surface area contributed by atoms with Crippen LogP contribution < -0.4 is 5.32 Å². The highest BCUT2D eigenvalue weighted by Crippen LogP contribution is 2.31. The average Bonchev–Trinajstić information content (AvgIpc) is 2.76. The smallest absolute Gasteiger partial charge is 0.0934 e. The molecule has 1 nitrogen and oxygen atoms in total. The lowest BCUT2D eigenvalue weighted by atomic mass is 10.1. The summed E-state index contributed by atoms with van der Waals surface area (Å²) in [5.41, 5.74) is 2.55. The van der Waals surface area contributed by atoms with Gasteiger partial charge < -0.3 is 5.32 Å². The van der Waals surface area contributed by atoms with Crippen molar-refractivity contribution in [2.24, 2.45) is 0 Å². The Bertz CT molecular complexity index is 475.